The molecule has 0 aromatic rings. The van der Waals surface area contributed by atoms with E-state index in [0.29, 0.717) is 18.1 Å². The third kappa shape index (κ3) is 8.09. The first-order valence-corrected chi connectivity index (χ1v) is 10.6. The highest BCUT2D eigenvalue weighted by atomic mass is 35.5. The highest BCUT2D eigenvalue weighted by Gasteiger charge is 2.33. The Morgan fingerprint density at radius 1 is 1.20 bits per heavy atom. The van der Waals surface area contributed by atoms with Crippen LogP contribution in [0.5, 0.6) is 0 Å². The molecule has 5 nitrogen and oxygen atoms in total. The van der Waals surface area contributed by atoms with Crippen molar-refractivity contribution in [1.29, 1.82) is 0 Å². The van der Waals surface area contributed by atoms with E-state index in [4.69, 9.17) is 16.3 Å². The van der Waals surface area contributed by atoms with E-state index in [0.717, 1.165) is 0 Å². The van der Waals surface area contributed by atoms with E-state index in [-0.39, 0.29) is 17.8 Å². The minimum Gasteiger partial charge on any atom is -0.466 e. The lowest BCUT2D eigenvalue weighted by atomic mass is 9.94. The van der Waals surface area contributed by atoms with Crippen LogP contribution in [0.4, 0.5) is 0 Å². The molecule has 0 saturated heterocycles. The van der Waals surface area contributed by atoms with Crippen LogP contribution < -0.4 is 4.72 Å². The molecule has 2 atom stereocenters. The molecule has 0 radical (unpaired) electrons. The molecule has 0 bridgehead atoms. The number of halogens is 1. The van der Waals surface area contributed by atoms with Crippen LogP contribution in [0, 0.1) is 17.8 Å². The lowest BCUT2D eigenvalue weighted by Gasteiger charge is -2.28. The molecule has 1 N–H and O–H groups in total. The van der Waals surface area contributed by atoms with Crippen molar-refractivity contribution in [2.75, 3.05) is 6.61 Å². The van der Waals surface area contributed by atoms with Gasteiger partial charge in [-0.15, -0.1) is 0 Å². The predicted octanol–water partition coefficient (Wildman–Crippen LogP) is 4.08. The summed E-state index contributed by atoms with van der Waals surface area (Å²) in [7, 11) is -3.57. The van der Waals surface area contributed by atoms with Gasteiger partial charge in [0.1, 0.15) is 0 Å². The molecule has 0 aliphatic carbocycles. The van der Waals surface area contributed by atoms with Crippen LogP contribution in [-0.2, 0) is 19.6 Å². The molecule has 0 unspecified atom stereocenters. The van der Waals surface area contributed by atoms with Gasteiger partial charge < -0.3 is 4.74 Å². The average Bonchev–Trinajstić information content (AvgIpc) is 2.42. The fourth-order valence-electron chi connectivity index (χ4n) is 2.14. The van der Waals surface area contributed by atoms with Crippen LogP contribution in [-0.4, -0.2) is 31.8 Å². The summed E-state index contributed by atoms with van der Waals surface area (Å²) >= 11 is 6.45. The fourth-order valence-corrected chi connectivity index (χ4v) is 3.75. The number of esters is 1. The molecular formula is C18H34ClNO4S. The Bertz CT molecular complexity index is 562. The summed E-state index contributed by atoms with van der Waals surface area (Å²) in [5.74, 6) is -0.620. The molecule has 0 amide bonds. The first kappa shape index (κ1) is 24.4. The zero-order chi connectivity index (χ0) is 20.0. The van der Waals surface area contributed by atoms with Gasteiger partial charge in [0.15, 0.2) is 0 Å². The molecule has 0 aromatic carbocycles. The summed E-state index contributed by atoms with van der Waals surface area (Å²) in [5, 5.41) is 0.321. The number of carbonyl (C=O) groups is 1. The molecule has 0 fully saturated rings. The molecule has 0 aromatic heterocycles. The van der Waals surface area contributed by atoms with Crippen molar-refractivity contribution in [2.24, 2.45) is 17.8 Å². The second kappa shape index (κ2) is 9.93. The number of nitrogens with one attached hydrogen (secondary N) is 1. The van der Waals surface area contributed by atoms with Crippen molar-refractivity contribution in [3.05, 3.63) is 11.1 Å². The van der Waals surface area contributed by atoms with Crippen LogP contribution in [0.1, 0.15) is 61.8 Å². The maximum atomic E-state index is 12.5. The van der Waals surface area contributed by atoms with E-state index in [9.17, 15) is 13.2 Å². The van der Waals surface area contributed by atoms with Crippen molar-refractivity contribution < 1.29 is 17.9 Å². The van der Waals surface area contributed by atoms with Gasteiger partial charge in [-0.1, -0.05) is 45.4 Å². The Kier molecular flexibility index (Phi) is 9.69. The largest absolute Gasteiger partial charge is 0.466 e. The van der Waals surface area contributed by atoms with Gasteiger partial charge >= 0.3 is 5.97 Å². The standard InChI is InChI=1S/C18H34ClNO4S/c1-9-24-17(21)14(10-12(2)3)11-15(19)16(13(4)5)20-25(22,23)18(6,7)8/h11-14,16,20H,9-10H2,1-8H3/b15-11+/t14-,16+/m1/s1. The van der Waals surface area contributed by atoms with Crippen molar-refractivity contribution in [3.63, 3.8) is 0 Å². The average molecular weight is 396 g/mol. The number of hydrogen-bond acceptors (Lipinski definition) is 4. The minimum absolute atomic E-state index is 0.0669. The summed E-state index contributed by atoms with van der Waals surface area (Å²) in [6.45, 7) is 14.7. The van der Waals surface area contributed by atoms with Gasteiger partial charge in [-0.2, -0.15) is 0 Å². The van der Waals surface area contributed by atoms with Crippen LogP contribution in [0.2, 0.25) is 0 Å². The Hall–Kier alpha value is -0.590. The Labute approximate surface area is 158 Å². The second-order valence-electron chi connectivity index (χ2n) is 7.99. The van der Waals surface area contributed by atoms with E-state index in [1.54, 1.807) is 33.8 Å². The van der Waals surface area contributed by atoms with E-state index < -0.39 is 26.7 Å². The molecule has 25 heavy (non-hydrogen) atoms. The van der Waals surface area contributed by atoms with Gasteiger partial charge in [0.25, 0.3) is 0 Å². The first-order chi connectivity index (χ1) is 11.2. The highest BCUT2D eigenvalue weighted by Crippen LogP contribution is 2.25. The number of carbonyl (C=O) groups excluding carboxylic acids is 1. The van der Waals surface area contributed by atoms with Gasteiger partial charge in [0.05, 0.1) is 23.3 Å². The number of ether oxygens (including phenoxy) is 1. The predicted molar refractivity (Wildman–Crippen MR) is 104 cm³/mol. The maximum Gasteiger partial charge on any atom is 0.312 e. The van der Waals surface area contributed by atoms with E-state index in [1.165, 1.54) is 0 Å². The Balaban J connectivity index is 5.64. The third-order valence-corrected chi connectivity index (χ3v) is 6.26. The Morgan fingerprint density at radius 3 is 2.08 bits per heavy atom. The molecule has 7 heteroatoms. The van der Waals surface area contributed by atoms with E-state index >= 15 is 0 Å². The van der Waals surface area contributed by atoms with E-state index in [1.807, 2.05) is 27.7 Å². The summed E-state index contributed by atoms with van der Waals surface area (Å²) in [5.41, 5.74) is 0. The summed E-state index contributed by atoms with van der Waals surface area (Å²) in [6, 6.07) is -0.588. The van der Waals surface area contributed by atoms with E-state index in [2.05, 4.69) is 4.72 Å². The van der Waals surface area contributed by atoms with Crippen molar-refractivity contribution in [3.8, 4) is 0 Å². The SMILES string of the molecule is CCOC(=O)[C@@H](/C=C(/Cl)[C@@H](NS(=O)(=O)C(C)(C)C)C(C)C)CC(C)C. The molecular weight excluding hydrogens is 362 g/mol. The summed E-state index contributed by atoms with van der Waals surface area (Å²) < 4.78 is 31.8. The Morgan fingerprint density at radius 2 is 1.72 bits per heavy atom. The van der Waals surface area contributed by atoms with Gasteiger partial charge in [0, 0.05) is 5.03 Å². The molecule has 0 aliphatic rings. The monoisotopic (exact) mass is 395 g/mol. The topological polar surface area (TPSA) is 72.5 Å². The lowest BCUT2D eigenvalue weighted by Crippen LogP contribution is -2.47. The van der Waals surface area contributed by atoms with Gasteiger partial charge in [-0.05, 0) is 46.0 Å². The minimum atomic E-state index is -3.57. The van der Waals surface area contributed by atoms with Crippen LogP contribution in [0.15, 0.2) is 11.1 Å². The van der Waals surface area contributed by atoms with Crippen LogP contribution in [0.3, 0.4) is 0 Å². The zero-order valence-electron chi connectivity index (χ0n) is 16.7. The highest BCUT2D eigenvalue weighted by molar-refractivity contribution is 7.90. The lowest BCUT2D eigenvalue weighted by molar-refractivity contribution is -0.146. The summed E-state index contributed by atoms with van der Waals surface area (Å²) in [4.78, 5) is 12.2. The van der Waals surface area contributed by atoms with Crippen molar-refractivity contribution in [1.82, 2.24) is 4.72 Å². The zero-order valence-corrected chi connectivity index (χ0v) is 18.3. The second-order valence-corrected chi connectivity index (χ2v) is 10.9. The number of rotatable bonds is 9. The van der Waals surface area contributed by atoms with Gasteiger partial charge in [-0.3, -0.25) is 4.79 Å². The number of sulfonamides is 1. The third-order valence-electron chi connectivity index (χ3n) is 3.73. The molecule has 0 spiro atoms. The normalized spacial score (nSPS) is 16.2. The maximum absolute atomic E-state index is 12.5. The molecule has 0 aliphatic heterocycles. The fraction of sp³-hybridized carbons (Fsp3) is 0.833. The van der Waals surface area contributed by atoms with Gasteiger partial charge in [-0.25, -0.2) is 13.1 Å². The first-order valence-electron chi connectivity index (χ1n) is 8.78. The van der Waals surface area contributed by atoms with Crippen LogP contribution in [0.25, 0.3) is 0 Å². The number of hydrogen-bond donors (Lipinski definition) is 1. The molecule has 0 saturated carbocycles. The molecule has 0 rings (SSSR count). The quantitative estimate of drug-likeness (QED) is 0.597. The smallest absolute Gasteiger partial charge is 0.312 e. The van der Waals surface area contributed by atoms with Crippen molar-refractivity contribution >= 4 is 27.6 Å². The molecule has 0 heterocycles. The van der Waals surface area contributed by atoms with Crippen molar-refractivity contribution in [2.45, 2.75) is 72.6 Å². The van der Waals surface area contributed by atoms with Crippen LogP contribution >= 0.6 is 11.6 Å². The molecule has 148 valence electrons. The summed E-state index contributed by atoms with van der Waals surface area (Å²) in [6.07, 6.45) is 2.22. The van der Waals surface area contributed by atoms with Gasteiger partial charge in [0.2, 0.25) is 10.0 Å².